The van der Waals surface area contributed by atoms with E-state index in [1.165, 1.54) is 45.2 Å². The van der Waals surface area contributed by atoms with Gasteiger partial charge in [-0.2, -0.15) is 0 Å². The Hall–Kier alpha value is -0.570. The molecule has 3 heteroatoms. The maximum absolute atomic E-state index is 6.33. The molecule has 0 spiro atoms. The number of likely N-dealkylation sites (tertiary alicyclic amines) is 1. The van der Waals surface area contributed by atoms with E-state index in [2.05, 4.69) is 11.0 Å². The second kappa shape index (κ2) is 7.13. The number of hydrogen-bond donors (Lipinski definition) is 1. The highest BCUT2D eigenvalue weighted by Crippen LogP contribution is 2.36. The molecule has 2 aliphatic rings. The number of fused-ring (bicyclic) bond motifs is 1. The van der Waals surface area contributed by atoms with Gasteiger partial charge in [-0.05, 0) is 55.8 Å². The molecule has 0 radical (unpaired) electrons. The first kappa shape index (κ1) is 15.3. The fourth-order valence-corrected chi connectivity index (χ4v) is 4.41. The van der Waals surface area contributed by atoms with Crippen LogP contribution in [0.15, 0.2) is 24.3 Å². The van der Waals surface area contributed by atoms with Gasteiger partial charge in [0.15, 0.2) is 0 Å². The lowest BCUT2D eigenvalue weighted by atomic mass is 9.75. The molecular formula is C18H27ClN2. The summed E-state index contributed by atoms with van der Waals surface area (Å²) in [5, 5.41) is 0.802. The van der Waals surface area contributed by atoms with Crippen LogP contribution in [0.4, 0.5) is 0 Å². The summed E-state index contributed by atoms with van der Waals surface area (Å²) in [6.07, 6.45) is 8.20. The van der Waals surface area contributed by atoms with Crippen LogP contribution in [-0.4, -0.2) is 24.5 Å². The molecule has 1 aromatic carbocycles. The summed E-state index contributed by atoms with van der Waals surface area (Å²) in [4.78, 5) is 2.63. The lowest BCUT2D eigenvalue weighted by Crippen LogP contribution is -2.42. The van der Waals surface area contributed by atoms with Crippen LogP contribution < -0.4 is 5.73 Å². The Labute approximate surface area is 133 Å². The van der Waals surface area contributed by atoms with Gasteiger partial charge in [0.2, 0.25) is 0 Å². The molecule has 1 aromatic rings. The van der Waals surface area contributed by atoms with Crippen molar-refractivity contribution in [2.24, 2.45) is 17.6 Å². The van der Waals surface area contributed by atoms with Crippen LogP contribution in [0.5, 0.6) is 0 Å². The monoisotopic (exact) mass is 306 g/mol. The number of nitrogens with zero attached hydrogens (tertiary/aromatic N) is 1. The van der Waals surface area contributed by atoms with Crippen molar-refractivity contribution in [3.63, 3.8) is 0 Å². The Bertz CT molecular complexity index is 462. The molecule has 0 amide bonds. The SMILES string of the molecule is NC(CCN1CCC2CCCCC2C1)c1ccccc1Cl. The molecule has 2 fully saturated rings. The Kier molecular flexibility index (Phi) is 5.20. The Morgan fingerprint density at radius 2 is 1.90 bits per heavy atom. The standard InChI is InChI=1S/C18H27ClN2/c19-17-8-4-3-7-16(17)18(20)10-12-21-11-9-14-5-1-2-6-15(14)13-21/h3-4,7-8,14-15,18H,1-2,5-6,9-13,20H2. The van der Waals surface area contributed by atoms with Crippen molar-refractivity contribution < 1.29 is 0 Å². The predicted octanol–water partition coefficient (Wildman–Crippen LogP) is 4.24. The van der Waals surface area contributed by atoms with Gasteiger partial charge in [0.25, 0.3) is 0 Å². The molecule has 1 heterocycles. The fraction of sp³-hybridized carbons (Fsp3) is 0.667. The molecule has 1 aliphatic carbocycles. The van der Waals surface area contributed by atoms with Gasteiger partial charge < -0.3 is 10.6 Å². The summed E-state index contributed by atoms with van der Waals surface area (Å²) in [6.45, 7) is 3.66. The van der Waals surface area contributed by atoms with Crippen molar-refractivity contribution in [2.75, 3.05) is 19.6 Å². The normalized spacial score (nSPS) is 28.1. The molecule has 0 bridgehead atoms. The summed E-state index contributed by atoms with van der Waals surface area (Å²) in [6, 6.07) is 8.04. The van der Waals surface area contributed by atoms with Crippen LogP contribution >= 0.6 is 11.6 Å². The molecule has 0 aromatic heterocycles. The zero-order chi connectivity index (χ0) is 14.7. The smallest absolute Gasteiger partial charge is 0.0453 e. The maximum Gasteiger partial charge on any atom is 0.0453 e. The molecule has 3 rings (SSSR count). The molecule has 1 saturated carbocycles. The number of benzene rings is 1. The molecule has 3 atom stereocenters. The van der Waals surface area contributed by atoms with Gasteiger partial charge in [0.05, 0.1) is 0 Å². The summed E-state index contributed by atoms with van der Waals surface area (Å²) in [5.41, 5.74) is 7.42. The number of rotatable bonds is 4. The van der Waals surface area contributed by atoms with Crippen LogP contribution in [0.25, 0.3) is 0 Å². The van der Waals surface area contributed by atoms with E-state index in [-0.39, 0.29) is 6.04 Å². The van der Waals surface area contributed by atoms with Gasteiger partial charge in [0, 0.05) is 17.6 Å². The quantitative estimate of drug-likeness (QED) is 0.901. The van der Waals surface area contributed by atoms with E-state index in [0.717, 1.165) is 35.4 Å². The highest BCUT2D eigenvalue weighted by atomic mass is 35.5. The van der Waals surface area contributed by atoms with Gasteiger partial charge in [-0.15, -0.1) is 0 Å². The second-order valence-corrected chi connectivity index (χ2v) is 7.22. The number of hydrogen-bond acceptors (Lipinski definition) is 2. The third-order valence-electron chi connectivity index (χ3n) is 5.44. The first-order valence-electron chi connectivity index (χ1n) is 8.46. The van der Waals surface area contributed by atoms with E-state index in [4.69, 9.17) is 17.3 Å². The number of nitrogens with two attached hydrogens (primary N) is 1. The summed E-state index contributed by atoms with van der Waals surface area (Å²) in [7, 11) is 0. The van der Waals surface area contributed by atoms with Crippen molar-refractivity contribution in [1.82, 2.24) is 4.90 Å². The van der Waals surface area contributed by atoms with Crippen molar-refractivity contribution in [3.05, 3.63) is 34.9 Å². The van der Waals surface area contributed by atoms with Gasteiger partial charge in [-0.25, -0.2) is 0 Å². The highest BCUT2D eigenvalue weighted by molar-refractivity contribution is 6.31. The largest absolute Gasteiger partial charge is 0.324 e. The van der Waals surface area contributed by atoms with Crippen molar-refractivity contribution >= 4 is 11.6 Å². The van der Waals surface area contributed by atoms with E-state index in [1.54, 1.807) is 0 Å². The second-order valence-electron chi connectivity index (χ2n) is 6.81. The summed E-state index contributed by atoms with van der Waals surface area (Å²) in [5.74, 6) is 1.95. The predicted molar refractivity (Wildman–Crippen MR) is 89.5 cm³/mol. The van der Waals surface area contributed by atoms with Crippen LogP contribution in [-0.2, 0) is 0 Å². The lowest BCUT2D eigenvalue weighted by Gasteiger charge is -2.41. The van der Waals surface area contributed by atoms with Gasteiger partial charge in [0.1, 0.15) is 0 Å². The zero-order valence-corrected chi connectivity index (χ0v) is 13.6. The molecular weight excluding hydrogens is 280 g/mol. The number of piperidine rings is 1. The van der Waals surface area contributed by atoms with E-state index in [1.807, 2.05) is 18.2 Å². The minimum atomic E-state index is 0.0581. The van der Waals surface area contributed by atoms with Crippen LogP contribution in [0.1, 0.15) is 50.1 Å². The van der Waals surface area contributed by atoms with Crippen molar-refractivity contribution in [2.45, 2.75) is 44.6 Å². The molecule has 2 nitrogen and oxygen atoms in total. The minimum Gasteiger partial charge on any atom is -0.324 e. The van der Waals surface area contributed by atoms with Crippen molar-refractivity contribution in [1.29, 1.82) is 0 Å². The third-order valence-corrected chi connectivity index (χ3v) is 5.78. The average Bonchev–Trinajstić information content (AvgIpc) is 2.53. The van der Waals surface area contributed by atoms with Crippen molar-refractivity contribution in [3.8, 4) is 0 Å². The number of halogens is 1. The highest BCUT2D eigenvalue weighted by Gasteiger charge is 2.30. The molecule has 1 saturated heterocycles. The molecule has 1 aliphatic heterocycles. The maximum atomic E-state index is 6.33. The molecule has 116 valence electrons. The minimum absolute atomic E-state index is 0.0581. The lowest BCUT2D eigenvalue weighted by molar-refractivity contribution is 0.0848. The Morgan fingerprint density at radius 1 is 1.14 bits per heavy atom. The first-order valence-corrected chi connectivity index (χ1v) is 8.84. The van der Waals surface area contributed by atoms with E-state index >= 15 is 0 Å². The Morgan fingerprint density at radius 3 is 2.71 bits per heavy atom. The summed E-state index contributed by atoms with van der Waals surface area (Å²) >= 11 is 6.24. The molecule has 2 N–H and O–H groups in total. The van der Waals surface area contributed by atoms with Gasteiger partial charge in [-0.3, -0.25) is 0 Å². The first-order chi connectivity index (χ1) is 10.2. The topological polar surface area (TPSA) is 29.3 Å². The third kappa shape index (κ3) is 3.80. The van der Waals surface area contributed by atoms with Gasteiger partial charge >= 0.3 is 0 Å². The molecule has 21 heavy (non-hydrogen) atoms. The summed E-state index contributed by atoms with van der Waals surface area (Å²) < 4.78 is 0. The zero-order valence-electron chi connectivity index (χ0n) is 12.8. The van der Waals surface area contributed by atoms with Gasteiger partial charge in [-0.1, -0.05) is 49.1 Å². The Balaban J connectivity index is 1.50. The van der Waals surface area contributed by atoms with E-state index < -0.39 is 0 Å². The molecule has 3 unspecified atom stereocenters. The van der Waals surface area contributed by atoms with E-state index in [0.29, 0.717) is 0 Å². The van der Waals surface area contributed by atoms with E-state index in [9.17, 15) is 0 Å². The van der Waals surface area contributed by atoms with Crippen LogP contribution in [0.3, 0.4) is 0 Å². The average molecular weight is 307 g/mol. The van der Waals surface area contributed by atoms with Crippen LogP contribution in [0.2, 0.25) is 5.02 Å². The fourth-order valence-electron chi connectivity index (χ4n) is 4.13. The van der Waals surface area contributed by atoms with Crippen LogP contribution in [0, 0.1) is 11.8 Å².